The summed E-state index contributed by atoms with van der Waals surface area (Å²) in [4.78, 5) is 164. The van der Waals surface area contributed by atoms with Gasteiger partial charge in [0.05, 0.1) is 106 Å². The molecule has 0 bridgehead atoms. The molecular weight excluding hydrogens is 1560 g/mol. The summed E-state index contributed by atoms with van der Waals surface area (Å²) in [7, 11) is 0. The highest BCUT2D eigenvalue weighted by Gasteiger charge is 2.67. The minimum Gasteiger partial charge on any atom is -0.447 e. The minimum absolute atomic E-state index is 0.0414. The molecule has 0 saturated carbocycles. The number of nitrogens with zero attached hydrogens (tertiary/aromatic N) is 9. The normalized spacial score (nSPS) is 29.6. The first-order valence-electron chi connectivity index (χ1n) is 39.3. The summed E-state index contributed by atoms with van der Waals surface area (Å²) in [5.74, 6) is -6.40. The number of barbiturate groups is 3. The van der Waals surface area contributed by atoms with Gasteiger partial charge in [-0.05, 0) is 127 Å². The number of aliphatic hydroxyl groups is 1. The van der Waals surface area contributed by atoms with E-state index in [2.05, 4.69) is 47.4 Å². The van der Waals surface area contributed by atoms with Crippen molar-refractivity contribution in [1.29, 1.82) is 0 Å². The SMILES string of the molecule is C[C@@H]1CN2c3c(cc4c(N5C(=O)OC[C@@H]5C5CCOCC5)noc4c3F)CC3(C(=O)NC(=O)NC3=O)[C@H]2[C@H](C)O1.C[C@@H]1CN2c3c(cc4c(N5C(=O)OC[C@@H]5CCCO)noc4c3F)CC3(C(=O)NC(=O)NC3=O)[C@H]2[C@H](C)O1.C[C@@H]1CN2c3c(cc4c(N5C(=O)OC[C@H]5C5CCOCC5)noc4c3F)CC3(C(=O)NC(=O)NC3=O)[C@H]2[C@H](C)O1. The van der Waals surface area contributed by atoms with Crippen molar-refractivity contribution in [2.24, 2.45) is 28.1 Å². The molecule has 0 aliphatic carbocycles. The summed E-state index contributed by atoms with van der Waals surface area (Å²) in [5, 5.41) is 35.4. The Hall–Kier alpha value is -11.3. The molecule has 11 saturated heterocycles. The van der Waals surface area contributed by atoms with Gasteiger partial charge in [0.15, 0.2) is 51.2 Å². The maximum absolute atomic E-state index is 16.4. The maximum atomic E-state index is 16.4. The van der Waals surface area contributed by atoms with Crippen LogP contribution in [-0.4, -0.2) is 238 Å². The average Bonchev–Trinajstić information content (AvgIpc) is 1.02. The molecule has 3 aromatic heterocycles. The van der Waals surface area contributed by atoms with Crippen molar-refractivity contribution in [3.63, 3.8) is 0 Å². The van der Waals surface area contributed by atoms with Gasteiger partial charge in [-0.3, -0.25) is 75.4 Å². The van der Waals surface area contributed by atoms with Crippen LogP contribution in [-0.2, 0) is 85.9 Å². The van der Waals surface area contributed by atoms with Gasteiger partial charge < -0.3 is 71.3 Å². The van der Waals surface area contributed by atoms with Crippen LogP contribution in [0.15, 0.2) is 31.8 Å². The Morgan fingerprint density at radius 1 is 0.432 bits per heavy atom. The van der Waals surface area contributed by atoms with Gasteiger partial charge in [-0.2, -0.15) is 0 Å². The summed E-state index contributed by atoms with van der Waals surface area (Å²) in [6, 6.07) is -1.77. The lowest BCUT2D eigenvalue weighted by atomic mass is 9.66. The smallest absolute Gasteiger partial charge is 0.416 e. The van der Waals surface area contributed by atoms with Crippen LogP contribution in [0.25, 0.3) is 32.9 Å². The average molecular weight is 1650 g/mol. The van der Waals surface area contributed by atoms with Crippen LogP contribution in [0.1, 0.15) is 96.8 Å². The first-order chi connectivity index (χ1) is 56.6. The fourth-order valence-electron chi connectivity index (χ4n) is 20.8. The number of cyclic esters (lactones) is 3. The van der Waals surface area contributed by atoms with E-state index >= 15 is 13.2 Å². The van der Waals surface area contributed by atoms with Crippen molar-refractivity contribution >= 4 is 139 Å². The Labute approximate surface area is 665 Å². The number of ether oxygens (including phenoxy) is 8. The van der Waals surface area contributed by atoms with Gasteiger partial charge in [0, 0.05) is 71.9 Å². The standard InChI is InChI=1S/2C26H28FN5O8.C24H26FN5O8/c2*1-11-9-31-18-14(8-26(20(31)12(2)39-11)22(33)28-24(35)29-23(26)34)7-15-19(17(18)27)40-30-21(15)32-16(10-38-25(32)36)13-3-5-37-6-4-13;1-10-8-29-16-12(7-24(18(29)11(2)37-10)20(32)26-22(34)27-21(24)33)6-14-17(15(16)25)38-28-19(14)30-13(4-3-5-31)9-36-23(30)35/h2*7,11-13,16,20H,3-6,8-10H2,1-2H3,(H2,28,29,33,34,35);6,10-11,13,18,31H,3-5,7-9H2,1-2H3,(H2,26,27,32,33,34)/t11-,12+,16+,20-;11-,12+,16-,20-;10-,11+,13+,18-/m111/s1. The number of halogens is 3. The molecule has 14 aliphatic rings. The van der Waals surface area contributed by atoms with Crippen LogP contribution >= 0.6 is 0 Å². The lowest BCUT2D eigenvalue weighted by molar-refractivity contribution is -0.154. The molecule has 11 fully saturated rings. The number of aromatic nitrogens is 3. The molecule has 15 amide bonds. The number of hydrogen-bond donors (Lipinski definition) is 7. The molecule has 7 N–H and O–H groups in total. The summed E-state index contributed by atoms with van der Waals surface area (Å²) in [6.45, 7) is 13.7. The molecule has 14 aliphatic heterocycles. The molecule has 626 valence electrons. The van der Waals surface area contributed by atoms with E-state index in [1.807, 2.05) is 13.8 Å². The van der Waals surface area contributed by atoms with Crippen molar-refractivity contribution < 1.29 is 127 Å². The van der Waals surface area contributed by atoms with Crippen LogP contribution in [0.3, 0.4) is 0 Å². The molecule has 42 heteroatoms. The number of carbonyl (C=O) groups excluding carboxylic acids is 12. The van der Waals surface area contributed by atoms with E-state index in [0.717, 1.165) is 25.7 Å². The molecule has 20 rings (SSSR count). The summed E-state index contributed by atoms with van der Waals surface area (Å²) >= 11 is 0. The second kappa shape index (κ2) is 29.0. The third kappa shape index (κ3) is 11.9. The lowest BCUT2D eigenvalue weighted by Crippen LogP contribution is -2.75. The van der Waals surface area contributed by atoms with Crippen LogP contribution < -0.4 is 61.3 Å². The number of imide groups is 6. The molecule has 0 radical (unpaired) electrons. The zero-order valence-corrected chi connectivity index (χ0v) is 64.5. The lowest BCUT2D eigenvalue weighted by Gasteiger charge is -2.55. The van der Waals surface area contributed by atoms with E-state index in [-0.39, 0.29) is 175 Å². The summed E-state index contributed by atoms with van der Waals surface area (Å²) in [5.41, 5.74) is -4.28. The molecule has 39 nitrogen and oxygen atoms in total. The van der Waals surface area contributed by atoms with E-state index < -0.39 is 148 Å². The second-order valence-corrected chi connectivity index (χ2v) is 32.5. The zero-order chi connectivity index (χ0) is 82.8. The molecule has 118 heavy (non-hydrogen) atoms. The van der Waals surface area contributed by atoms with Crippen molar-refractivity contribution in [3.8, 4) is 0 Å². The number of morpholine rings is 3. The van der Waals surface area contributed by atoms with Gasteiger partial charge in [0.25, 0.3) is 0 Å². The predicted molar refractivity (Wildman–Crippen MR) is 395 cm³/mol. The monoisotopic (exact) mass is 1650 g/mol. The van der Waals surface area contributed by atoms with E-state index in [9.17, 15) is 62.6 Å². The Morgan fingerprint density at radius 2 is 0.729 bits per heavy atom. The van der Waals surface area contributed by atoms with E-state index in [1.54, 1.807) is 60.6 Å². The Bertz CT molecular complexity index is 5020. The van der Waals surface area contributed by atoms with E-state index in [1.165, 1.54) is 14.7 Å². The number of carbonyl (C=O) groups is 12. The number of anilines is 6. The largest absolute Gasteiger partial charge is 0.447 e. The van der Waals surface area contributed by atoms with Crippen molar-refractivity contribution in [2.45, 2.75) is 172 Å². The number of hydrogen-bond acceptors (Lipinski definition) is 30. The number of amides is 15. The number of nitrogens with one attached hydrogen (secondary N) is 6. The minimum atomic E-state index is -1.78. The Balaban J connectivity index is 0.000000122. The highest BCUT2D eigenvalue weighted by atomic mass is 19.1. The zero-order valence-electron chi connectivity index (χ0n) is 64.5. The summed E-state index contributed by atoms with van der Waals surface area (Å²) in [6.07, 6.45) is -1.78. The highest BCUT2D eigenvalue weighted by molar-refractivity contribution is 6.23. The van der Waals surface area contributed by atoms with Crippen molar-refractivity contribution in [3.05, 3.63) is 52.3 Å². The number of fused-ring (bicyclic) bond motifs is 15. The highest BCUT2D eigenvalue weighted by Crippen LogP contribution is 2.55. The number of benzene rings is 3. The molecule has 3 aromatic carbocycles. The first-order valence-corrected chi connectivity index (χ1v) is 39.3. The molecule has 0 unspecified atom stereocenters. The summed E-state index contributed by atoms with van der Waals surface area (Å²) < 4.78 is 110. The van der Waals surface area contributed by atoms with Gasteiger partial charge in [-0.1, -0.05) is 15.5 Å². The maximum Gasteiger partial charge on any atom is 0.416 e. The van der Waals surface area contributed by atoms with Crippen molar-refractivity contribution in [2.75, 3.05) is 102 Å². The molecule has 12 atom stereocenters. The Morgan fingerprint density at radius 3 is 1.04 bits per heavy atom. The van der Waals surface area contributed by atoms with Gasteiger partial charge >= 0.3 is 36.4 Å². The van der Waals surface area contributed by atoms with Crippen molar-refractivity contribution in [1.82, 2.24) is 47.4 Å². The fraction of sp³-hybridized carbons (Fsp3) is 0.566. The quantitative estimate of drug-likeness (QED) is 0.0830. The van der Waals surface area contributed by atoms with Gasteiger partial charge in [0.1, 0.15) is 19.8 Å². The Kier molecular flexibility index (Phi) is 19.2. The number of urea groups is 3. The fourth-order valence-corrected chi connectivity index (χ4v) is 20.8. The second-order valence-electron chi connectivity index (χ2n) is 32.5. The molecule has 17 heterocycles. The van der Waals surface area contributed by atoms with Gasteiger partial charge in [0.2, 0.25) is 52.2 Å². The third-order valence-electron chi connectivity index (χ3n) is 25.6. The van der Waals surface area contributed by atoms with Gasteiger partial charge in [-0.15, -0.1) is 0 Å². The topological polar surface area (TPSA) is 469 Å². The van der Waals surface area contributed by atoms with Crippen LogP contribution in [0, 0.1) is 45.5 Å². The molecule has 3 spiro atoms. The van der Waals surface area contributed by atoms with Crippen LogP contribution in [0.2, 0.25) is 0 Å². The third-order valence-corrected chi connectivity index (χ3v) is 25.6. The van der Waals surface area contributed by atoms with Crippen LogP contribution in [0.5, 0.6) is 0 Å². The van der Waals surface area contributed by atoms with Gasteiger partial charge in [-0.25, -0.2) is 41.9 Å². The molecule has 6 aromatic rings. The predicted octanol–water partition coefficient (Wildman–Crippen LogP) is 4.17. The van der Waals surface area contributed by atoms with E-state index in [4.69, 9.17) is 51.5 Å². The molecular formula is C76H82F3N15O24. The van der Waals surface area contributed by atoms with Crippen LogP contribution in [0.4, 0.5) is 76.5 Å². The first kappa shape index (κ1) is 77.9. The van der Waals surface area contributed by atoms with E-state index in [0.29, 0.717) is 56.0 Å². The number of aliphatic hydroxyl groups excluding tert-OH is 1. The number of rotatable bonds is 8.